The number of esters is 1. The lowest BCUT2D eigenvalue weighted by molar-refractivity contribution is 0.0600. The standard InChI is InChI=1S/C17H14O3/c1-20-17(19)15-10-7-13(8-11-15)9-12-16(18)14-5-3-2-4-6-14/h2-12H,1H3/b12-9+. The first-order valence-electron chi connectivity index (χ1n) is 6.16. The Kier molecular flexibility index (Phi) is 4.45. The topological polar surface area (TPSA) is 43.4 Å². The van der Waals surface area contributed by atoms with Gasteiger partial charge in [0.05, 0.1) is 12.7 Å². The monoisotopic (exact) mass is 266 g/mol. The molecule has 100 valence electrons. The summed E-state index contributed by atoms with van der Waals surface area (Å²) in [7, 11) is 1.34. The third kappa shape index (κ3) is 3.42. The maximum atomic E-state index is 11.9. The van der Waals surface area contributed by atoms with Crippen LogP contribution >= 0.6 is 0 Å². The van der Waals surface area contributed by atoms with Gasteiger partial charge in [-0.25, -0.2) is 4.79 Å². The number of rotatable bonds is 4. The van der Waals surface area contributed by atoms with Crippen molar-refractivity contribution in [1.29, 1.82) is 0 Å². The number of carbonyl (C=O) groups excluding carboxylic acids is 2. The molecular weight excluding hydrogens is 252 g/mol. The molecule has 0 radical (unpaired) electrons. The normalized spacial score (nSPS) is 10.4. The lowest BCUT2D eigenvalue weighted by atomic mass is 10.1. The maximum Gasteiger partial charge on any atom is 0.337 e. The number of ketones is 1. The van der Waals surface area contributed by atoms with Crippen molar-refractivity contribution < 1.29 is 14.3 Å². The van der Waals surface area contributed by atoms with E-state index in [1.165, 1.54) is 13.2 Å². The molecule has 0 atom stereocenters. The summed E-state index contributed by atoms with van der Waals surface area (Å²) in [5, 5.41) is 0. The zero-order valence-corrected chi connectivity index (χ0v) is 11.1. The van der Waals surface area contributed by atoms with E-state index in [2.05, 4.69) is 4.74 Å². The molecule has 3 heteroatoms. The molecule has 2 rings (SSSR count). The van der Waals surface area contributed by atoms with Gasteiger partial charge in [-0.05, 0) is 23.8 Å². The number of hydrogen-bond donors (Lipinski definition) is 0. The van der Waals surface area contributed by atoms with E-state index in [-0.39, 0.29) is 11.8 Å². The smallest absolute Gasteiger partial charge is 0.337 e. The van der Waals surface area contributed by atoms with Crippen LogP contribution in [0.4, 0.5) is 0 Å². The van der Waals surface area contributed by atoms with Gasteiger partial charge in [0.15, 0.2) is 5.78 Å². The fraction of sp³-hybridized carbons (Fsp3) is 0.0588. The molecule has 20 heavy (non-hydrogen) atoms. The summed E-state index contributed by atoms with van der Waals surface area (Å²) in [6.07, 6.45) is 3.23. The highest BCUT2D eigenvalue weighted by Crippen LogP contribution is 2.09. The van der Waals surface area contributed by atoms with Gasteiger partial charge in [0, 0.05) is 5.56 Å². The first-order valence-corrected chi connectivity index (χ1v) is 6.16. The summed E-state index contributed by atoms with van der Waals surface area (Å²) >= 11 is 0. The van der Waals surface area contributed by atoms with E-state index in [1.54, 1.807) is 42.5 Å². The lowest BCUT2D eigenvalue weighted by Crippen LogP contribution is -2.00. The summed E-state index contributed by atoms with van der Waals surface area (Å²) in [4.78, 5) is 23.2. The first-order chi connectivity index (χ1) is 9.70. The van der Waals surface area contributed by atoms with Gasteiger partial charge >= 0.3 is 5.97 Å². The average molecular weight is 266 g/mol. The number of ether oxygens (including phenoxy) is 1. The van der Waals surface area contributed by atoms with Crippen molar-refractivity contribution in [1.82, 2.24) is 0 Å². The Labute approximate surface area is 117 Å². The van der Waals surface area contributed by atoms with Gasteiger partial charge in [0.25, 0.3) is 0 Å². The molecule has 0 aromatic heterocycles. The third-order valence-corrected chi connectivity index (χ3v) is 2.82. The van der Waals surface area contributed by atoms with Crippen molar-refractivity contribution in [3.05, 3.63) is 77.4 Å². The van der Waals surface area contributed by atoms with Gasteiger partial charge in [0.2, 0.25) is 0 Å². The summed E-state index contributed by atoms with van der Waals surface area (Å²) in [5.74, 6) is -0.427. The quantitative estimate of drug-likeness (QED) is 0.484. The molecule has 2 aromatic rings. The SMILES string of the molecule is COC(=O)c1ccc(/C=C/C(=O)c2ccccc2)cc1. The van der Waals surface area contributed by atoms with Crippen LogP contribution in [0.5, 0.6) is 0 Å². The summed E-state index contributed by atoms with van der Waals surface area (Å²) < 4.78 is 4.62. The average Bonchev–Trinajstić information content (AvgIpc) is 2.53. The molecule has 3 nitrogen and oxygen atoms in total. The van der Waals surface area contributed by atoms with Gasteiger partial charge in [-0.15, -0.1) is 0 Å². The molecular formula is C17H14O3. The van der Waals surface area contributed by atoms with E-state index in [4.69, 9.17) is 0 Å². The van der Waals surface area contributed by atoms with E-state index in [0.717, 1.165) is 5.56 Å². The highest BCUT2D eigenvalue weighted by Gasteiger charge is 2.03. The lowest BCUT2D eigenvalue weighted by Gasteiger charge is -1.99. The van der Waals surface area contributed by atoms with Crippen LogP contribution in [-0.4, -0.2) is 18.9 Å². The minimum Gasteiger partial charge on any atom is -0.465 e. The van der Waals surface area contributed by atoms with Gasteiger partial charge in [-0.3, -0.25) is 4.79 Å². The third-order valence-electron chi connectivity index (χ3n) is 2.82. The molecule has 0 amide bonds. The Bertz CT molecular complexity index is 625. The molecule has 2 aromatic carbocycles. The van der Waals surface area contributed by atoms with Gasteiger partial charge in [-0.2, -0.15) is 0 Å². The molecule has 0 unspecified atom stereocenters. The fourth-order valence-corrected chi connectivity index (χ4v) is 1.72. The zero-order chi connectivity index (χ0) is 14.4. The Hall–Kier alpha value is -2.68. The second-order valence-electron chi connectivity index (χ2n) is 4.18. The maximum absolute atomic E-state index is 11.9. The van der Waals surface area contributed by atoms with Gasteiger partial charge < -0.3 is 4.74 Å². The number of carbonyl (C=O) groups is 2. The van der Waals surface area contributed by atoms with E-state index < -0.39 is 0 Å². The fourth-order valence-electron chi connectivity index (χ4n) is 1.72. The highest BCUT2D eigenvalue weighted by molar-refractivity contribution is 6.06. The van der Waals surface area contributed by atoms with Crippen LogP contribution in [0.25, 0.3) is 6.08 Å². The largest absolute Gasteiger partial charge is 0.465 e. The van der Waals surface area contributed by atoms with E-state index >= 15 is 0 Å². The molecule has 0 bridgehead atoms. The van der Waals surface area contributed by atoms with Crippen molar-refractivity contribution in [3.63, 3.8) is 0 Å². The number of hydrogen-bond acceptors (Lipinski definition) is 3. The predicted octanol–water partition coefficient (Wildman–Crippen LogP) is 3.37. The first kappa shape index (κ1) is 13.7. The molecule has 0 aliphatic rings. The molecule has 0 saturated heterocycles. The molecule has 0 aliphatic carbocycles. The van der Waals surface area contributed by atoms with Crippen LogP contribution in [0.3, 0.4) is 0 Å². The molecule has 0 aliphatic heterocycles. The summed E-state index contributed by atoms with van der Waals surface area (Å²) in [6.45, 7) is 0. The number of allylic oxidation sites excluding steroid dienone is 1. The predicted molar refractivity (Wildman–Crippen MR) is 77.6 cm³/mol. The van der Waals surface area contributed by atoms with Crippen molar-refractivity contribution >= 4 is 17.8 Å². The molecule has 0 saturated carbocycles. The molecule has 0 spiro atoms. The Morgan fingerprint density at radius 3 is 2.15 bits per heavy atom. The van der Waals surface area contributed by atoms with Crippen LogP contribution in [0.15, 0.2) is 60.7 Å². The Morgan fingerprint density at radius 2 is 1.55 bits per heavy atom. The van der Waals surface area contributed by atoms with Gasteiger partial charge in [-0.1, -0.05) is 48.5 Å². The van der Waals surface area contributed by atoms with Crippen molar-refractivity contribution in [2.45, 2.75) is 0 Å². The highest BCUT2D eigenvalue weighted by atomic mass is 16.5. The molecule has 0 fully saturated rings. The molecule has 0 heterocycles. The zero-order valence-electron chi connectivity index (χ0n) is 11.1. The second kappa shape index (κ2) is 6.48. The minimum absolute atomic E-state index is 0.0531. The van der Waals surface area contributed by atoms with Crippen LogP contribution in [0, 0.1) is 0 Å². The van der Waals surface area contributed by atoms with Crippen molar-refractivity contribution in [2.24, 2.45) is 0 Å². The van der Waals surface area contributed by atoms with E-state index in [0.29, 0.717) is 11.1 Å². The summed E-state index contributed by atoms with van der Waals surface area (Å²) in [6, 6.07) is 15.9. The van der Waals surface area contributed by atoms with Crippen LogP contribution < -0.4 is 0 Å². The van der Waals surface area contributed by atoms with Gasteiger partial charge in [0.1, 0.15) is 0 Å². The molecule has 0 N–H and O–H groups in total. The Morgan fingerprint density at radius 1 is 0.900 bits per heavy atom. The Balaban J connectivity index is 2.08. The van der Waals surface area contributed by atoms with E-state index in [9.17, 15) is 9.59 Å². The number of benzene rings is 2. The van der Waals surface area contributed by atoms with Crippen molar-refractivity contribution in [3.8, 4) is 0 Å². The van der Waals surface area contributed by atoms with Crippen molar-refractivity contribution in [2.75, 3.05) is 7.11 Å². The van der Waals surface area contributed by atoms with Crippen LogP contribution in [-0.2, 0) is 4.74 Å². The minimum atomic E-state index is -0.374. The van der Waals surface area contributed by atoms with Crippen LogP contribution in [0.2, 0.25) is 0 Å². The summed E-state index contributed by atoms with van der Waals surface area (Å²) in [5.41, 5.74) is 1.98. The van der Waals surface area contributed by atoms with E-state index in [1.807, 2.05) is 18.2 Å². The number of methoxy groups -OCH3 is 1. The second-order valence-corrected chi connectivity index (χ2v) is 4.18. The van der Waals surface area contributed by atoms with Crippen LogP contribution in [0.1, 0.15) is 26.3 Å².